The Balaban J connectivity index is -0.0000000959. The van der Waals surface area contributed by atoms with Crippen LogP contribution in [0, 0.1) is 0 Å². The molecule has 0 spiro atoms. The molecule has 0 aromatic heterocycles. The van der Waals surface area contributed by atoms with E-state index in [-0.39, 0.29) is 37.4 Å². The molecule has 0 saturated carbocycles. The fourth-order valence-electron chi connectivity index (χ4n) is 1.45. The number of carboxylic acids is 2. The Morgan fingerprint density at radius 2 is 1.31 bits per heavy atom. The van der Waals surface area contributed by atoms with Crippen LogP contribution in [0.1, 0.15) is 79.5 Å². The average Bonchev–Trinajstić information content (AvgIpc) is 2.58. The minimum absolute atomic E-state index is 0. The van der Waals surface area contributed by atoms with Gasteiger partial charge in [0, 0.05) is 38.0 Å². The minimum Gasteiger partial charge on any atom is -1.00 e. The summed E-state index contributed by atoms with van der Waals surface area (Å²) in [5.74, 6) is -1.39. The fraction of sp³-hybridized carbons (Fsp3) is 0.889. The first kappa shape index (κ1) is 33.9. The second-order valence-electron chi connectivity index (χ2n) is 5.43. The Labute approximate surface area is 191 Å². The van der Waals surface area contributed by atoms with Crippen LogP contribution in [0.5, 0.6) is 0 Å². The second-order valence-corrected chi connectivity index (χ2v) is 6.23. The Morgan fingerprint density at radius 1 is 0.846 bits per heavy atom. The second kappa shape index (κ2) is 33.0. The van der Waals surface area contributed by atoms with E-state index in [1.54, 1.807) is 0 Å². The molecule has 26 heavy (non-hydrogen) atoms. The summed E-state index contributed by atoms with van der Waals surface area (Å²) < 4.78 is 5.24. The molecular weight excluding hydrogens is 415 g/mol. The maximum atomic E-state index is 10.1. The summed E-state index contributed by atoms with van der Waals surface area (Å²) >= 11 is 3.27. The summed E-state index contributed by atoms with van der Waals surface area (Å²) in [5.41, 5.74) is 0. The molecule has 0 aromatic carbocycles. The number of carbonyl (C=O) groups is 2. The summed E-state index contributed by atoms with van der Waals surface area (Å²) in [6.45, 7) is 5.91. The number of halogens is 1. The molecule has 0 saturated heterocycles. The van der Waals surface area contributed by atoms with E-state index in [4.69, 9.17) is 20.1 Å². The van der Waals surface area contributed by atoms with Gasteiger partial charge in [-0.2, -0.15) is 0 Å². The summed E-state index contributed by atoms with van der Waals surface area (Å²) in [6.07, 6.45) is 8.12. The van der Waals surface area contributed by atoms with Crippen LogP contribution >= 0.6 is 15.9 Å². The fourth-order valence-corrected chi connectivity index (χ4v) is 1.85. The van der Waals surface area contributed by atoms with E-state index in [1.165, 1.54) is 0 Å². The SMILES string of the molecule is CCCO.CCCOCCCCCC(=O)O.O=C(O)CCCCCBr.[H-].[Na+]. The molecule has 6 nitrogen and oxygen atoms in total. The van der Waals surface area contributed by atoms with Crippen molar-refractivity contribution in [2.45, 2.75) is 78.1 Å². The number of aliphatic hydroxyl groups excluding tert-OH is 1. The van der Waals surface area contributed by atoms with Crippen molar-refractivity contribution in [1.29, 1.82) is 0 Å². The van der Waals surface area contributed by atoms with Crippen molar-refractivity contribution in [3.05, 3.63) is 0 Å². The monoisotopic (exact) mass is 452 g/mol. The number of rotatable bonds is 14. The van der Waals surface area contributed by atoms with Gasteiger partial charge in [0.2, 0.25) is 0 Å². The maximum Gasteiger partial charge on any atom is 1.00 e. The van der Waals surface area contributed by atoms with E-state index >= 15 is 0 Å². The molecule has 0 atom stereocenters. The van der Waals surface area contributed by atoms with Crippen molar-refractivity contribution >= 4 is 27.9 Å². The van der Waals surface area contributed by atoms with Crippen LogP contribution in [0.25, 0.3) is 0 Å². The molecule has 0 aliphatic heterocycles. The van der Waals surface area contributed by atoms with Gasteiger partial charge in [-0.15, -0.1) is 0 Å². The first-order valence-electron chi connectivity index (χ1n) is 9.14. The quantitative estimate of drug-likeness (QED) is 0.210. The van der Waals surface area contributed by atoms with Gasteiger partial charge < -0.3 is 21.5 Å². The molecule has 0 aromatic rings. The average molecular weight is 453 g/mol. The van der Waals surface area contributed by atoms with E-state index in [2.05, 4.69) is 22.9 Å². The van der Waals surface area contributed by atoms with Gasteiger partial charge in [-0.1, -0.05) is 42.6 Å². The van der Waals surface area contributed by atoms with Crippen LogP contribution in [0.3, 0.4) is 0 Å². The zero-order chi connectivity index (χ0) is 19.8. The number of carboxylic acid groups (broad SMARTS) is 2. The van der Waals surface area contributed by atoms with Crippen molar-refractivity contribution in [3.63, 3.8) is 0 Å². The van der Waals surface area contributed by atoms with Crippen LogP contribution in [0.2, 0.25) is 0 Å². The maximum absolute atomic E-state index is 10.1. The molecule has 0 amide bonds. The topological polar surface area (TPSA) is 104 Å². The van der Waals surface area contributed by atoms with Gasteiger partial charge in [0.25, 0.3) is 0 Å². The molecule has 3 N–H and O–H groups in total. The summed E-state index contributed by atoms with van der Waals surface area (Å²) in [6, 6.07) is 0. The molecule has 0 aliphatic rings. The molecule has 0 heterocycles. The van der Waals surface area contributed by atoms with Gasteiger partial charge in [0.05, 0.1) is 0 Å². The summed E-state index contributed by atoms with van der Waals surface area (Å²) in [4.78, 5) is 20.1. The molecule has 0 bridgehead atoms. The van der Waals surface area contributed by atoms with Crippen molar-refractivity contribution in [2.24, 2.45) is 0 Å². The van der Waals surface area contributed by atoms with Gasteiger partial charge in [-0.3, -0.25) is 9.59 Å². The standard InChI is InChI=1S/C9H18O3.C6H11BrO2.C3H8O.Na.H/c1-2-7-12-8-5-3-4-6-9(10)11;7-5-3-1-2-4-6(8)9;1-2-3-4;;/h2-8H2,1H3,(H,10,11);1-5H2,(H,8,9);4H,2-3H2,1H3;;/q;;;+1;-1. The van der Waals surface area contributed by atoms with Crippen LogP contribution in [-0.2, 0) is 14.3 Å². The van der Waals surface area contributed by atoms with Crippen LogP contribution in [0.4, 0.5) is 0 Å². The van der Waals surface area contributed by atoms with Crippen molar-refractivity contribution in [3.8, 4) is 0 Å². The number of aliphatic hydroxyl groups is 1. The van der Waals surface area contributed by atoms with E-state index in [0.717, 1.165) is 69.9 Å². The third-order valence-electron chi connectivity index (χ3n) is 2.78. The van der Waals surface area contributed by atoms with Crippen molar-refractivity contribution in [1.82, 2.24) is 0 Å². The summed E-state index contributed by atoms with van der Waals surface area (Å²) in [7, 11) is 0. The number of hydrogen-bond donors (Lipinski definition) is 3. The molecule has 0 radical (unpaired) electrons. The predicted molar refractivity (Wildman–Crippen MR) is 106 cm³/mol. The Morgan fingerprint density at radius 3 is 1.65 bits per heavy atom. The largest absolute Gasteiger partial charge is 1.00 e. The van der Waals surface area contributed by atoms with E-state index < -0.39 is 11.9 Å². The Kier molecular flexibility index (Phi) is 43.0. The first-order chi connectivity index (χ1) is 12.0. The predicted octanol–water partition coefficient (Wildman–Crippen LogP) is 1.59. The normalized spacial score (nSPS) is 9.08. The molecule has 0 fully saturated rings. The third-order valence-corrected chi connectivity index (χ3v) is 3.34. The van der Waals surface area contributed by atoms with Gasteiger partial charge in [-0.25, -0.2) is 0 Å². The van der Waals surface area contributed by atoms with Crippen LogP contribution < -0.4 is 29.6 Å². The number of unbranched alkanes of at least 4 members (excludes halogenated alkanes) is 4. The number of hydrogen-bond acceptors (Lipinski definition) is 4. The smallest absolute Gasteiger partial charge is 1.00 e. The molecular formula is C18H38BrNaO6. The van der Waals surface area contributed by atoms with Gasteiger partial charge in [0.15, 0.2) is 0 Å². The van der Waals surface area contributed by atoms with Crippen LogP contribution in [0.15, 0.2) is 0 Å². The zero-order valence-electron chi connectivity index (χ0n) is 17.8. The van der Waals surface area contributed by atoms with E-state index in [0.29, 0.717) is 13.0 Å². The van der Waals surface area contributed by atoms with Gasteiger partial charge >= 0.3 is 41.5 Å². The van der Waals surface area contributed by atoms with Gasteiger partial charge in [0.1, 0.15) is 0 Å². The Bertz CT molecular complexity index is 285. The van der Waals surface area contributed by atoms with E-state index in [1.807, 2.05) is 6.92 Å². The van der Waals surface area contributed by atoms with Crippen LogP contribution in [-0.4, -0.2) is 52.4 Å². The number of alkyl halides is 1. The number of aliphatic carboxylic acids is 2. The molecule has 154 valence electrons. The van der Waals surface area contributed by atoms with E-state index in [9.17, 15) is 9.59 Å². The molecule has 0 rings (SSSR count). The molecule has 0 unspecified atom stereocenters. The number of ether oxygens (including phenoxy) is 1. The van der Waals surface area contributed by atoms with Crippen molar-refractivity contribution in [2.75, 3.05) is 25.2 Å². The first-order valence-corrected chi connectivity index (χ1v) is 10.3. The third kappa shape index (κ3) is 49.7. The summed E-state index contributed by atoms with van der Waals surface area (Å²) in [5, 5.41) is 25.4. The zero-order valence-corrected chi connectivity index (χ0v) is 20.4. The minimum atomic E-state index is -0.704. The Hall–Kier alpha value is 0.340. The van der Waals surface area contributed by atoms with Crippen molar-refractivity contribution < 1.29 is 60.6 Å². The molecule has 8 heteroatoms. The molecule has 0 aliphatic carbocycles. The van der Waals surface area contributed by atoms with Gasteiger partial charge in [-0.05, 0) is 38.5 Å².